The molecule has 2 atom stereocenters. The van der Waals surface area contributed by atoms with Crippen LogP contribution in [0.2, 0.25) is 0 Å². The summed E-state index contributed by atoms with van der Waals surface area (Å²) in [6, 6.07) is 0.237. The fourth-order valence-corrected chi connectivity index (χ4v) is 5.88. The van der Waals surface area contributed by atoms with Gasteiger partial charge in [-0.1, -0.05) is 12.8 Å². The molecule has 3 aliphatic rings. The SMILES string of the molecule is CN(C)S(=O)(=O)N1CC[C@@H]2[C@@H](CCCN2C(=O)CC2CCCC2)C1. The van der Waals surface area contributed by atoms with Crippen molar-refractivity contribution >= 4 is 16.1 Å². The van der Waals surface area contributed by atoms with Gasteiger partial charge in [-0.25, -0.2) is 0 Å². The second-order valence-electron chi connectivity index (χ2n) is 7.85. The first kappa shape index (κ1) is 18.1. The van der Waals surface area contributed by atoms with E-state index in [1.54, 1.807) is 18.4 Å². The molecule has 3 fully saturated rings. The van der Waals surface area contributed by atoms with Crippen LogP contribution in [0.3, 0.4) is 0 Å². The highest BCUT2D eigenvalue weighted by Crippen LogP contribution is 2.34. The number of carbonyl (C=O) groups is 1. The van der Waals surface area contributed by atoms with Crippen LogP contribution < -0.4 is 0 Å². The average molecular weight is 358 g/mol. The summed E-state index contributed by atoms with van der Waals surface area (Å²) < 4.78 is 27.6. The van der Waals surface area contributed by atoms with E-state index in [0.717, 1.165) is 25.8 Å². The van der Waals surface area contributed by atoms with Crippen LogP contribution in [-0.4, -0.2) is 67.6 Å². The molecule has 0 unspecified atom stereocenters. The molecule has 3 rings (SSSR count). The van der Waals surface area contributed by atoms with Crippen LogP contribution in [0.1, 0.15) is 51.4 Å². The number of hydrogen-bond acceptors (Lipinski definition) is 3. The number of amides is 1. The minimum Gasteiger partial charge on any atom is -0.339 e. The van der Waals surface area contributed by atoms with Gasteiger partial charge < -0.3 is 4.90 Å². The number of nitrogens with zero attached hydrogens (tertiary/aromatic N) is 3. The first-order valence-electron chi connectivity index (χ1n) is 9.36. The molecule has 1 aliphatic carbocycles. The Morgan fingerprint density at radius 3 is 2.42 bits per heavy atom. The quantitative estimate of drug-likeness (QED) is 0.769. The molecule has 7 heteroatoms. The van der Waals surface area contributed by atoms with Gasteiger partial charge in [0.05, 0.1) is 0 Å². The van der Waals surface area contributed by atoms with E-state index in [4.69, 9.17) is 0 Å². The van der Waals surface area contributed by atoms with Crippen molar-refractivity contribution in [1.29, 1.82) is 0 Å². The summed E-state index contributed by atoms with van der Waals surface area (Å²) in [5.74, 6) is 1.17. The van der Waals surface area contributed by atoms with Gasteiger partial charge in [0.15, 0.2) is 0 Å². The monoisotopic (exact) mass is 357 g/mol. The molecule has 0 bridgehead atoms. The molecule has 1 saturated carbocycles. The van der Waals surface area contributed by atoms with Crippen molar-refractivity contribution < 1.29 is 13.2 Å². The van der Waals surface area contributed by atoms with Gasteiger partial charge >= 0.3 is 0 Å². The molecule has 0 N–H and O–H groups in total. The van der Waals surface area contributed by atoms with Crippen molar-refractivity contribution in [3.63, 3.8) is 0 Å². The predicted molar refractivity (Wildman–Crippen MR) is 93.6 cm³/mol. The van der Waals surface area contributed by atoms with Crippen LogP contribution >= 0.6 is 0 Å². The van der Waals surface area contributed by atoms with Crippen LogP contribution in [0.25, 0.3) is 0 Å². The van der Waals surface area contributed by atoms with Gasteiger partial charge in [0.2, 0.25) is 5.91 Å². The third-order valence-corrected chi connectivity index (χ3v) is 7.98. The van der Waals surface area contributed by atoms with Crippen LogP contribution in [-0.2, 0) is 15.0 Å². The van der Waals surface area contributed by atoms with Crippen molar-refractivity contribution in [3.8, 4) is 0 Å². The van der Waals surface area contributed by atoms with Crippen molar-refractivity contribution in [2.45, 2.75) is 57.4 Å². The Hall–Kier alpha value is -0.660. The van der Waals surface area contributed by atoms with E-state index in [1.165, 1.54) is 30.0 Å². The molecular formula is C17H31N3O3S. The van der Waals surface area contributed by atoms with E-state index in [-0.39, 0.29) is 12.0 Å². The summed E-state index contributed by atoms with van der Waals surface area (Å²) in [5, 5.41) is 0. The standard InChI is InChI=1S/C17H31N3O3S/c1-18(2)24(22,23)19-11-9-16-15(13-19)8-5-10-20(16)17(21)12-14-6-3-4-7-14/h14-16H,3-13H2,1-2H3/t15-,16+/m0/s1. The molecule has 138 valence electrons. The van der Waals surface area contributed by atoms with Gasteiger partial charge in [-0.3, -0.25) is 4.79 Å². The second kappa shape index (κ2) is 7.30. The van der Waals surface area contributed by atoms with Crippen LogP contribution in [0, 0.1) is 11.8 Å². The number of likely N-dealkylation sites (tertiary alicyclic amines) is 1. The Kier molecular flexibility index (Phi) is 5.52. The average Bonchev–Trinajstić information content (AvgIpc) is 3.06. The normalized spacial score (nSPS) is 29.9. The summed E-state index contributed by atoms with van der Waals surface area (Å²) in [6.45, 7) is 1.93. The third-order valence-electron chi connectivity index (χ3n) is 6.08. The lowest BCUT2D eigenvalue weighted by molar-refractivity contribution is -0.138. The number of piperidine rings is 2. The fourth-order valence-electron chi connectivity index (χ4n) is 4.70. The summed E-state index contributed by atoms with van der Waals surface area (Å²) in [4.78, 5) is 14.9. The molecule has 0 radical (unpaired) electrons. The highest BCUT2D eigenvalue weighted by molar-refractivity contribution is 7.86. The highest BCUT2D eigenvalue weighted by Gasteiger charge is 2.41. The van der Waals surface area contributed by atoms with Gasteiger partial charge in [-0.15, -0.1) is 0 Å². The summed E-state index contributed by atoms with van der Waals surface area (Å²) in [5.41, 5.74) is 0. The van der Waals surface area contributed by atoms with Crippen molar-refractivity contribution in [3.05, 3.63) is 0 Å². The number of rotatable bonds is 4. The molecule has 24 heavy (non-hydrogen) atoms. The van der Waals surface area contributed by atoms with Crippen molar-refractivity contribution in [2.24, 2.45) is 11.8 Å². The molecule has 2 saturated heterocycles. The zero-order valence-electron chi connectivity index (χ0n) is 15.0. The molecule has 0 aromatic carbocycles. The first-order valence-corrected chi connectivity index (χ1v) is 10.8. The van der Waals surface area contributed by atoms with E-state index >= 15 is 0 Å². The van der Waals surface area contributed by atoms with Crippen molar-refractivity contribution in [2.75, 3.05) is 33.7 Å². The third kappa shape index (κ3) is 3.63. The minimum absolute atomic E-state index is 0.237. The smallest absolute Gasteiger partial charge is 0.281 e. The van der Waals surface area contributed by atoms with E-state index in [2.05, 4.69) is 4.90 Å². The van der Waals surface area contributed by atoms with Crippen LogP contribution in [0.4, 0.5) is 0 Å². The molecule has 2 aliphatic heterocycles. The second-order valence-corrected chi connectivity index (χ2v) is 9.99. The fraction of sp³-hybridized carbons (Fsp3) is 0.941. The highest BCUT2D eigenvalue weighted by atomic mass is 32.2. The van der Waals surface area contributed by atoms with Crippen LogP contribution in [0.15, 0.2) is 0 Å². The molecular weight excluding hydrogens is 326 g/mol. The van der Waals surface area contributed by atoms with E-state index in [0.29, 0.717) is 31.3 Å². The Labute approximate surface area is 146 Å². The number of fused-ring (bicyclic) bond motifs is 1. The maximum absolute atomic E-state index is 12.8. The lowest BCUT2D eigenvalue weighted by Gasteiger charge is -2.47. The number of carbonyl (C=O) groups excluding carboxylic acids is 1. The van der Waals surface area contributed by atoms with E-state index < -0.39 is 10.2 Å². The Morgan fingerprint density at radius 1 is 1.04 bits per heavy atom. The Morgan fingerprint density at radius 2 is 1.75 bits per heavy atom. The lowest BCUT2D eigenvalue weighted by Crippen LogP contribution is -2.57. The summed E-state index contributed by atoms with van der Waals surface area (Å²) >= 11 is 0. The number of hydrogen-bond donors (Lipinski definition) is 0. The first-order chi connectivity index (χ1) is 11.4. The maximum Gasteiger partial charge on any atom is 0.281 e. The van der Waals surface area contributed by atoms with E-state index in [9.17, 15) is 13.2 Å². The molecule has 0 aromatic heterocycles. The van der Waals surface area contributed by atoms with Gasteiger partial charge in [0.25, 0.3) is 10.2 Å². The summed E-state index contributed by atoms with van der Waals surface area (Å²) in [6.07, 6.45) is 8.41. The summed E-state index contributed by atoms with van der Waals surface area (Å²) in [7, 11) is -0.178. The van der Waals surface area contributed by atoms with Gasteiger partial charge in [-0.2, -0.15) is 17.0 Å². The lowest BCUT2D eigenvalue weighted by atomic mass is 9.84. The Bertz CT molecular complexity index is 557. The van der Waals surface area contributed by atoms with Gasteiger partial charge in [-0.05, 0) is 43.9 Å². The molecule has 6 nitrogen and oxygen atoms in total. The molecule has 0 spiro atoms. The largest absolute Gasteiger partial charge is 0.339 e. The van der Waals surface area contributed by atoms with E-state index in [1.807, 2.05) is 0 Å². The zero-order chi connectivity index (χ0) is 17.3. The van der Waals surface area contributed by atoms with Gasteiger partial charge in [0.1, 0.15) is 0 Å². The molecule has 2 heterocycles. The zero-order valence-corrected chi connectivity index (χ0v) is 15.8. The molecule has 0 aromatic rings. The van der Waals surface area contributed by atoms with Gasteiger partial charge in [0, 0.05) is 46.2 Å². The molecule has 1 amide bonds. The Balaban J connectivity index is 1.64. The van der Waals surface area contributed by atoms with Crippen molar-refractivity contribution in [1.82, 2.24) is 13.5 Å². The minimum atomic E-state index is -3.34. The van der Waals surface area contributed by atoms with Crippen LogP contribution in [0.5, 0.6) is 0 Å². The maximum atomic E-state index is 12.8. The predicted octanol–water partition coefficient (Wildman–Crippen LogP) is 1.69. The topological polar surface area (TPSA) is 60.9 Å².